The molecule has 0 bridgehead atoms. The normalized spacial score (nSPS) is 61.2. The second-order valence-corrected chi connectivity index (χ2v) is 9.33. The summed E-state index contributed by atoms with van der Waals surface area (Å²) in [6, 6.07) is 0. The van der Waals surface area contributed by atoms with Crippen molar-refractivity contribution >= 4 is 0 Å². The average molecular weight is 310 g/mol. The fourth-order valence-corrected chi connectivity index (χ4v) is 7.18. The van der Waals surface area contributed by atoms with Crippen LogP contribution in [0.4, 0.5) is 4.39 Å². The molecule has 0 saturated heterocycles. The van der Waals surface area contributed by atoms with Crippen LogP contribution >= 0.6 is 0 Å². The Morgan fingerprint density at radius 2 is 1.59 bits per heavy atom. The van der Waals surface area contributed by atoms with Crippen LogP contribution in [0, 0.1) is 34.5 Å². The van der Waals surface area contributed by atoms with Crippen molar-refractivity contribution in [2.75, 3.05) is 0 Å². The van der Waals surface area contributed by atoms with Gasteiger partial charge in [0.05, 0.1) is 12.2 Å². The van der Waals surface area contributed by atoms with Crippen LogP contribution < -0.4 is 0 Å². The fraction of sp³-hybridized carbons (Fsp3) is 1.00. The Bertz CT molecular complexity index is 455. The Balaban J connectivity index is 1.63. The zero-order chi connectivity index (χ0) is 15.7. The second-order valence-electron chi connectivity index (χ2n) is 9.33. The molecule has 9 atom stereocenters. The molecule has 4 aliphatic rings. The van der Waals surface area contributed by atoms with E-state index in [1.54, 1.807) is 0 Å². The van der Waals surface area contributed by atoms with Crippen molar-refractivity contribution in [1.82, 2.24) is 0 Å². The molecule has 4 aliphatic carbocycles. The van der Waals surface area contributed by atoms with Gasteiger partial charge in [0.2, 0.25) is 0 Å². The van der Waals surface area contributed by atoms with Crippen molar-refractivity contribution in [3.8, 4) is 0 Å². The summed E-state index contributed by atoms with van der Waals surface area (Å²) in [6.07, 6.45) is 6.22. The lowest BCUT2D eigenvalue weighted by molar-refractivity contribution is -0.134. The van der Waals surface area contributed by atoms with E-state index in [1.807, 2.05) is 0 Å². The number of rotatable bonds is 0. The molecule has 0 radical (unpaired) electrons. The molecule has 0 heterocycles. The molecule has 0 aliphatic heterocycles. The topological polar surface area (TPSA) is 40.5 Å². The van der Waals surface area contributed by atoms with Gasteiger partial charge in [-0.25, -0.2) is 4.39 Å². The summed E-state index contributed by atoms with van der Waals surface area (Å²) < 4.78 is 14.2. The van der Waals surface area contributed by atoms with Crippen molar-refractivity contribution in [3.63, 3.8) is 0 Å². The number of hydrogen-bond donors (Lipinski definition) is 2. The molecule has 22 heavy (non-hydrogen) atoms. The minimum Gasteiger partial charge on any atom is -0.393 e. The summed E-state index contributed by atoms with van der Waals surface area (Å²) in [5, 5.41) is 20.4. The van der Waals surface area contributed by atoms with Crippen LogP contribution in [0.5, 0.6) is 0 Å². The first-order valence-electron chi connectivity index (χ1n) is 9.36. The van der Waals surface area contributed by atoms with Crippen LogP contribution in [0.15, 0.2) is 0 Å². The summed E-state index contributed by atoms with van der Waals surface area (Å²) in [5.41, 5.74) is 0.140. The van der Waals surface area contributed by atoms with Gasteiger partial charge in [-0.2, -0.15) is 0 Å². The third-order valence-electron chi connectivity index (χ3n) is 8.57. The largest absolute Gasteiger partial charge is 0.393 e. The number of halogens is 1. The average Bonchev–Trinajstić information content (AvgIpc) is 2.72. The Kier molecular flexibility index (Phi) is 3.44. The van der Waals surface area contributed by atoms with E-state index in [-0.39, 0.29) is 11.5 Å². The van der Waals surface area contributed by atoms with Gasteiger partial charge in [-0.05, 0) is 85.9 Å². The molecule has 3 heteroatoms. The second kappa shape index (κ2) is 4.92. The van der Waals surface area contributed by atoms with Crippen molar-refractivity contribution in [1.29, 1.82) is 0 Å². The van der Waals surface area contributed by atoms with Gasteiger partial charge in [-0.3, -0.25) is 0 Å². The van der Waals surface area contributed by atoms with E-state index in [4.69, 9.17) is 0 Å². The SMILES string of the molecule is C[C@]12CC[C@H]3[C@@H](CCC4C[C@H](O)CC[C@@]43C)[C@@H]1C[C@@H](F)[C@@H]2O. The standard InChI is InChI=1S/C19H31FO2/c1-18-7-5-12(21)9-11(18)3-4-13-14(18)6-8-19(2)15(13)10-16(20)17(19)22/h11-17,21-22H,3-10H2,1-2H3/t11?,12-,13-,14+,15+,16-,17+,18+,19+/m1/s1. The highest BCUT2D eigenvalue weighted by molar-refractivity contribution is 5.11. The maximum Gasteiger partial charge on any atom is 0.127 e. The van der Waals surface area contributed by atoms with Gasteiger partial charge in [0.15, 0.2) is 0 Å². The number of hydrogen-bond acceptors (Lipinski definition) is 2. The highest BCUT2D eigenvalue weighted by Gasteiger charge is 2.62. The zero-order valence-corrected chi connectivity index (χ0v) is 14.0. The Hall–Kier alpha value is -0.150. The quantitative estimate of drug-likeness (QED) is 0.716. The molecule has 1 unspecified atom stereocenters. The first-order valence-corrected chi connectivity index (χ1v) is 9.36. The maximum absolute atomic E-state index is 14.2. The van der Waals surface area contributed by atoms with Gasteiger partial charge >= 0.3 is 0 Å². The summed E-state index contributed by atoms with van der Waals surface area (Å²) >= 11 is 0. The van der Waals surface area contributed by atoms with E-state index >= 15 is 0 Å². The summed E-state index contributed by atoms with van der Waals surface area (Å²) in [5.74, 6) is 2.27. The van der Waals surface area contributed by atoms with E-state index in [1.165, 1.54) is 12.8 Å². The predicted octanol–water partition coefficient (Wildman–Crippen LogP) is 3.70. The van der Waals surface area contributed by atoms with Crippen LogP contribution in [0.25, 0.3) is 0 Å². The molecule has 2 N–H and O–H groups in total. The zero-order valence-electron chi connectivity index (χ0n) is 14.0. The third kappa shape index (κ3) is 1.90. The number of aliphatic hydroxyl groups excluding tert-OH is 2. The molecule has 4 rings (SSSR count). The van der Waals surface area contributed by atoms with Crippen molar-refractivity contribution < 1.29 is 14.6 Å². The van der Waals surface area contributed by atoms with Crippen molar-refractivity contribution in [3.05, 3.63) is 0 Å². The molecule has 0 aromatic rings. The van der Waals surface area contributed by atoms with E-state index in [0.717, 1.165) is 32.1 Å². The summed E-state index contributed by atoms with van der Waals surface area (Å²) in [6.45, 7) is 4.58. The van der Waals surface area contributed by atoms with Gasteiger partial charge in [0.25, 0.3) is 0 Å². The Morgan fingerprint density at radius 3 is 2.36 bits per heavy atom. The predicted molar refractivity (Wildman–Crippen MR) is 84.0 cm³/mol. The molecule has 0 amide bonds. The van der Waals surface area contributed by atoms with Crippen LogP contribution in [-0.4, -0.2) is 28.6 Å². The highest BCUT2D eigenvalue weighted by Crippen LogP contribution is 2.66. The smallest absolute Gasteiger partial charge is 0.127 e. The number of aliphatic hydroxyl groups is 2. The molecular formula is C19H31FO2. The van der Waals surface area contributed by atoms with Crippen LogP contribution in [-0.2, 0) is 0 Å². The molecule has 126 valence electrons. The van der Waals surface area contributed by atoms with E-state index < -0.39 is 12.3 Å². The van der Waals surface area contributed by atoms with Crippen LogP contribution in [0.3, 0.4) is 0 Å². The molecule has 0 aromatic carbocycles. The van der Waals surface area contributed by atoms with Gasteiger partial charge in [-0.1, -0.05) is 13.8 Å². The molecular weight excluding hydrogens is 279 g/mol. The Labute approximate surface area is 133 Å². The first kappa shape index (κ1) is 15.4. The van der Waals surface area contributed by atoms with E-state index in [2.05, 4.69) is 13.8 Å². The summed E-state index contributed by atoms with van der Waals surface area (Å²) in [7, 11) is 0. The number of fused-ring (bicyclic) bond motifs is 5. The van der Waals surface area contributed by atoms with Crippen LogP contribution in [0.2, 0.25) is 0 Å². The van der Waals surface area contributed by atoms with Crippen LogP contribution in [0.1, 0.15) is 65.2 Å². The maximum atomic E-state index is 14.2. The fourth-order valence-electron chi connectivity index (χ4n) is 7.18. The molecule has 2 nitrogen and oxygen atoms in total. The van der Waals surface area contributed by atoms with E-state index in [9.17, 15) is 14.6 Å². The Morgan fingerprint density at radius 1 is 0.864 bits per heavy atom. The van der Waals surface area contributed by atoms with Gasteiger partial charge in [0.1, 0.15) is 6.17 Å². The lowest BCUT2D eigenvalue weighted by atomic mass is 9.45. The third-order valence-corrected chi connectivity index (χ3v) is 8.57. The van der Waals surface area contributed by atoms with Gasteiger partial charge < -0.3 is 10.2 Å². The first-order chi connectivity index (χ1) is 10.4. The summed E-state index contributed by atoms with van der Waals surface area (Å²) in [4.78, 5) is 0. The lowest BCUT2D eigenvalue weighted by Crippen LogP contribution is -2.54. The molecule has 0 spiro atoms. The minimum atomic E-state index is -1.02. The number of alkyl halides is 1. The van der Waals surface area contributed by atoms with Gasteiger partial charge in [0, 0.05) is 0 Å². The van der Waals surface area contributed by atoms with Gasteiger partial charge in [-0.15, -0.1) is 0 Å². The molecule has 0 aromatic heterocycles. The minimum absolute atomic E-state index is 0.105. The lowest BCUT2D eigenvalue weighted by Gasteiger charge is -2.60. The van der Waals surface area contributed by atoms with Crippen molar-refractivity contribution in [2.24, 2.45) is 34.5 Å². The van der Waals surface area contributed by atoms with E-state index in [0.29, 0.717) is 35.5 Å². The monoisotopic (exact) mass is 310 g/mol. The molecule has 4 saturated carbocycles. The highest BCUT2D eigenvalue weighted by atomic mass is 19.1. The van der Waals surface area contributed by atoms with Crippen molar-refractivity contribution in [2.45, 2.75) is 83.6 Å². The molecule has 4 fully saturated rings.